The summed E-state index contributed by atoms with van der Waals surface area (Å²) in [7, 11) is 0. The standard InChI is InChI=1S/C17H17F3N4O/c1-11-13(8-22-16(25)12-4-2-3-5-12)10-24(23-11)14-6-7-15(21-9-14)17(18,19)20/h4,6-7,9-10H,2-3,5,8H2,1H3,(H,22,25). The smallest absolute Gasteiger partial charge is 0.348 e. The van der Waals surface area contributed by atoms with E-state index in [1.165, 1.54) is 10.7 Å². The maximum Gasteiger partial charge on any atom is 0.433 e. The molecule has 0 spiro atoms. The second-order valence-corrected chi connectivity index (χ2v) is 5.89. The van der Waals surface area contributed by atoms with Gasteiger partial charge in [0.2, 0.25) is 5.91 Å². The Bertz CT molecular complexity index is 806. The molecule has 2 aromatic heterocycles. The fraction of sp³-hybridized carbons (Fsp3) is 0.353. The molecule has 0 fully saturated rings. The summed E-state index contributed by atoms with van der Waals surface area (Å²) in [5.74, 6) is -0.0825. The summed E-state index contributed by atoms with van der Waals surface area (Å²) in [6, 6.07) is 2.23. The molecule has 0 atom stereocenters. The number of alkyl halides is 3. The van der Waals surface area contributed by atoms with Crippen molar-refractivity contribution in [3.63, 3.8) is 0 Å². The Labute approximate surface area is 142 Å². The number of pyridine rings is 1. The first-order valence-corrected chi connectivity index (χ1v) is 7.90. The van der Waals surface area contributed by atoms with Crippen molar-refractivity contribution in [3.05, 3.63) is 53.1 Å². The van der Waals surface area contributed by atoms with Crippen molar-refractivity contribution >= 4 is 5.91 Å². The third-order valence-electron chi connectivity index (χ3n) is 4.08. The molecule has 2 aromatic rings. The molecule has 1 aliphatic rings. The molecule has 1 amide bonds. The Kier molecular flexibility index (Phi) is 4.61. The lowest BCUT2D eigenvalue weighted by Gasteiger charge is -2.06. The van der Waals surface area contributed by atoms with Gasteiger partial charge in [0.25, 0.3) is 0 Å². The Morgan fingerprint density at radius 2 is 2.16 bits per heavy atom. The Balaban J connectivity index is 1.70. The Morgan fingerprint density at radius 3 is 2.76 bits per heavy atom. The predicted molar refractivity (Wildman–Crippen MR) is 84.9 cm³/mol. The van der Waals surface area contributed by atoms with Crippen LogP contribution >= 0.6 is 0 Å². The molecule has 8 heteroatoms. The SMILES string of the molecule is Cc1nn(-c2ccc(C(F)(F)F)nc2)cc1CNC(=O)C1=CCCC1. The van der Waals surface area contributed by atoms with Crippen LogP contribution in [-0.4, -0.2) is 20.7 Å². The number of rotatable bonds is 4. The van der Waals surface area contributed by atoms with E-state index in [2.05, 4.69) is 15.4 Å². The molecule has 2 heterocycles. The average Bonchev–Trinajstić information content (AvgIpc) is 3.22. The van der Waals surface area contributed by atoms with Crippen molar-refractivity contribution in [2.45, 2.75) is 38.9 Å². The zero-order valence-electron chi connectivity index (χ0n) is 13.6. The predicted octanol–water partition coefficient (Wildman–Crippen LogP) is 3.32. The molecule has 0 saturated heterocycles. The van der Waals surface area contributed by atoms with Crippen LogP contribution in [0.15, 0.2) is 36.2 Å². The fourth-order valence-electron chi connectivity index (χ4n) is 2.66. The van der Waals surface area contributed by atoms with E-state index in [-0.39, 0.29) is 5.91 Å². The Morgan fingerprint density at radius 1 is 1.36 bits per heavy atom. The number of nitrogens with one attached hydrogen (secondary N) is 1. The van der Waals surface area contributed by atoms with Crippen LogP contribution in [0.25, 0.3) is 5.69 Å². The number of carbonyl (C=O) groups excluding carboxylic acids is 1. The summed E-state index contributed by atoms with van der Waals surface area (Å²) in [6.07, 6.45) is 3.01. The number of allylic oxidation sites excluding steroid dienone is 1. The number of halogens is 3. The third kappa shape index (κ3) is 3.89. The minimum atomic E-state index is -4.47. The highest BCUT2D eigenvalue weighted by Gasteiger charge is 2.32. The molecule has 0 aromatic carbocycles. The molecule has 0 bridgehead atoms. The summed E-state index contributed by atoms with van der Waals surface area (Å²) in [5, 5.41) is 7.13. The molecular formula is C17H17F3N4O. The molecule has 3 rings (SSSR count). The lowest BCUT2D eigenvalue weighted by Crippen LogP contribution is -2.24. The number of hydrogen-bond donors (Lipinski definition) is 1. The first kappa shape index (κ1) is 17.2. The molecule has 0 saturated carbocycles. The van der Waals surface area contributed by atoms with Gasteiger partial charge in [0.05, 0.1) is 17.6 Å². The molecule has 0 aliphatic heterocycles. The van der Waals surface area contributed by atoms with Gasteiger partial charge < -0.3 is 5.32 Å². The molecule has 25 heavy (non-hydrogen) atoms. The van der Waals surface area contributed by atoms with E-state index in [0.29, 0.717) is 17.9 Å². The highest BCUT2D eigenvalue weighted by molar-refractivity contribution is 5.93. The number of aryl methyl sites for hydroxylation is 1. The quantitative estimate of drug-likeness (QED) is 0.920. The van der Waals surface area contributed by atoms with Crippen molar-refractivity contribution < 1.29 is 18.0 Å². The van der Waals surface area contributed by atoms with E-state index >= 15 is 0 Å². The maximum absolute atomic E-state index is 12.6. The normalized spacial score (nSPS) is 14.5. The maximum atomic E-state index is 12.6. The van der Waals surface area contributed by atoms with Crippen molar-refractivity contribution in [1.82, 2.24) is 20.1 Å². The minimum Gasteiger partial charge on any atom is -0.348 e. The third-order valence-corrected chi connectivity index (χ3v) is 4.08. The van der Waals surface area contributed by atoms with Crippen LogP contribution in [-0.2, 0) is 17.5 Å². The molecule has 1 aliphatic carbocycles. The van der Waals surface area contributed by atoms with Gasteiger partial charge in [-0.15, -0.1) is 0 Å². The van der Waals surface area contributed by atoms with Crippen molar-refractivity contribution in [2.75, 3.05) is 0 Å². The summed E-state index contributed by atoms with van der Waals surface area (Å²) >= 11 is 0. The van der Waals surface area contributed by atoms with Crippen LogP contribution in [0, 0.1) is 6.92 Å². The van der Waals surface area contributed by atoms with Crippen LogP contribution in [0.2, 0.25) is 0 Å². The monoisotopic (exact) mass is 350 g/mol. The van der Waals surface area contributed by atoms with E-state index < -0.39 is 11.9 Å². The second kappa shape index (κ2) is 6.70. The molecule has 1 N–H and O–H groups in total. The van der Waals surface area contributed by atoms with Gasteiger partial charge in [-0.1, -0.05) is 6.08 Å². The van der Waals surface area contributed by atoms with Crippen molar-refractivity contribution in [2.24, 2.45) is 0 Å². The van der Waals surface area contributed by atoms with E-state index in [1.807, 2.05) is 6.08 Å². The minimum absolute atomic E-state index is 0.0825. The number of nitrogens with zero attached hydrogens (tertiary/aromatic N) is 3. The number of amides is 1. The number of carbonyl (C=O) groups is 1. The molecule has 0 radical (unpaired) electrons. The van der Waals surface area contributed by atoms with E-state index in [0.717, 1.165) is 42.7 Å². The first-order valence-electron chi connectivity index (χ1n) is 7.90. The average molecular weight is 350 g/mol. The largest absolute Gasteiger partial charge is 0.433 e. The van der Waals surface area contributed by atoms with Gasteiger partial charge in [-0.3, -0.25) is 4.79 Å². The van der Waals surface area contributed by atoms with Gasteiger partial charge in [0, 0.05) is 23.9 Å². The molecule has 132 valence electrons. The van der Waals surface area contributed by atoms with E-state index in [4.69, 9.17) is 0 Å². The molecule has 0 unspecified atom stereocenters. The van der Waals surface area contributed by atoms with Gasteiger partial charge in [-0.05, 0) is 38.3 Å². The second-order valence-electron chi connectivity index (χ2n) is 5.89. The lowest BCUT2D eigenvalue weighted by atomic mass is 10.2. The molecule has 5 nitrogen and oxygen atoms in total. The fourth-order valence-corrected chi connectivity index (χ4v) is 2.66. The van der Waals surface area contributed by atoms with Crippen molar-refractivity contribution in [3.8, 4) is 5.69 Å². The van der Waals surface area contributed by atoms with Crippen molar-refractivity contribution in [1.29, 1.82) is 0 Å². The van der Waals surface area contributed by atoms with Crippen LogP contribution in [0.1, 0.15) is 36.2 Å². The summed E-state index contributed by atoms with van der Waals surface area (Å²) in [5.41, 5.74) is 1.77. The van der Waals surface area contributed by atoms with E-state index in [1.54, 1.807) is 13.1 Å². The van der Waals surface area contributed by atoms with Crippen LogP contribution in [0.5, 0.6) is 0 Å². The highest BCUT2D eigenvalue weighted by atomic mass is 19.4. The van der Waals surface area contributed by atoms with E-state index in [9.17, 15) is 18.0 Å². The Hall–Kier alpha value is -2.64. The van der Waals surface area contributed by atoms with Crippen LogP contribution in [0.3, 0.4) is 0 Å². The summed E-state index contributed by atoms with van der Waals surface area (Å²) in [6.45, 7) is 2.10. The van der Waals surface area contributed by atoms with Gasteiger partial charge >= 0.3 is 6.18 Å². The summed E-state index contributed by atoms with van der Waals surface area (Å²) < 4.78 is 39.2. The lowest BCUT2D eigenvalue weighted by molar-refractivity contribution is -0.141. The number of hydrogen-bond acceptors (Lipinski definition) is 3. The van der Waals surface area contributed by atoms with Crippen LogP contribution in [0.4, 0.5) is 13.2 Å². The first-order chi connectivity index (χ1) is 11.8. The number of aromatic nitrogens is 3. The summed E-state index contributed by atoms with van der Waals surface area (Å²) in [4.78, 5) is 15.4. The zero-order chi connectivity index (χ0) is 18.0. The van der Waals surface area contributed by atoms with Gasteiger partial charge in [0.1, 0.15) is 5.69 Å². The highest BCUT2D eigenvalue weighted by Crippen LogP contribution is 2.27. The van der Waals surface area contributed by atoms with Gasteiger partial charge in [-0.2, -0.15) is 18.3 Å². The zero-order valence-corrected chi connectivity index (χ0v) is 13.6. The topological polar surface area (TPSA) is 59.8 Å². The van der Waals surface area contributed by atoms with Gasteiger partial charge in [0.15, 0.2) is 0 Å². The van der Waals surface area contributed by atoms with Crippen LogP contribution < -0.4 is 5.32 Å². The molecular weight excluding hydrogens is 333 g/mol. The van der Waals surface area contributed by atoms with Gasteiger partial charge in [-0.25, -0.2) is 9.67 Å².